The van der Waals surface area contributed by atoms with Gasteiger partial charge >= 0.3 is 6.09 Å². The van der Waals surface area contributed by atoms with Gasteiger partial charge in [0, 0.05) is 30.4 Å². The quantitative estimate of drug-likeness (QED) is 0.814. The first-order chi connectivity index (χ1) is 9.75. The number of thioether (sulfide) groups is 1. The molecule has 4 nitrogen and oxygen atoms in total. The van der Waals surface area contributed by atoms with Crippen molar-refractivity contribution < 1.29 is 9.53 Å². The molecule has 5 heteroatoms. The van der Waals surface area contributed by atoms with Crippen molar-refractivity contribution in [2.45, 2.75) is 70.3 Å². The van der Waals surface area contributed by atoms with E-state index in [4.69, 9.17) is 4.74 Å². The van der Waals surface area contributed by atoms with Crippen LogP contribution in [0.1, 0.15) is 53.9 Å². The monoisotopic (exact) mass is 316 g/mol. The highest BCUT2D eigenvalue weighted by Crippen LogP contribution is 2.30. The lowest BCUT2D eigenvalue weighted by Crippen LogP contribution is -2.43. The largest absolute Gasteiger partial charge is 0.444 e. The van der Waals surface area contributed by atoms with E-state index in [1.165, 1.54) is 12.8 Å². The summed E-state index contributed by atoms with van der Waals surface area (Å²) in [5.74, 6) is 0. The summed E-state index contributed by atoms with van der Waals surface area (Å²) in [7, 11) is 0. The fourth-order valence-electron chi connectivity index (χ4n) is 2.61. The van der Waals surface area contributed by atoms with Crippen molar-refractivity contribution in [3.63, 3.8) is 0 Å². The molecule has 0 aliphatic carbocycles. The molecule has 0 aromatic carbocycles. The molecule has 21 heavy (non-hydrogen) atoms. The number of rotatable bonds is 6. The Kier molecular flexibility index (Phi) is 6.85. The highest BCUT2D eigenvalue weighted by Gasteiger charge is 2.31. The molecular formula is C16H32N2O2S. The molecule has 0 aromatic heterocycles. The van der Waals surface area contributed by atoms with E-state index in [0.717, 1.165) is 26.1 Å². The molecular weight excluding hydrogens is 284 g/mol. The number of carbonyl (C=O) groups is 1. The Bertz CT molecular complexity index is 329. The minimum Gasteiger partial charge on any atom is -0.444 e. The standard InChI is InChI=1S/C16H32N2O2S/c1-7-16(8-2,21-6)12-17-13-9-10-18(11-13)14(19)20-15(3,4)5/h13,17H,7-12H2,1-6H3. The maximum atomic E-state index is 12.0. The molecule has 1 amide bonds. The van der Waals surface area contributed by atoms with Gasteiger partial charge in [0.05, 0.1) is 0 Å². The van der Waals surface area contributed by atoms with Gasteiger partial charge in [0.25, 0.3) is 0 Å². The van der Waals surface area contributed by atoms with Crippen LogP contribution < -0.4 is 5.32 Å². The van der Waals surface area contributed by atoms with Gasteiger partial charge in [-0.2, -0.15) is 11.8 Å². The topological polar surface area (TPSA) is 41.6 Å². The summed E-state index contributed by atoms with van der Waals surface area (Å²) in [4.78, 5) is 13.9. The number of likely N-dealkylation sites (tertiary alicyclic amines) is 1. The molecule has 1 fully saturated rings. The third kappa shape index (κ3) is 5.70. The van der Waals surface area contributed by atoms with Gasteiger partial charge < -0.3 is 15.0 Å². The highest BCUT2D eigenvalue weighted by molar-refractivity contribution is 8.00. The maximum Gasteiger partial charge on any atom is 0.410 e. The van der Waals surface area contributed by atoms with Crippen LogP contribution in [0.5, 0.6) is 0 Å². The Labute approximate surface area is 134 Å². The van der Waals surface area contributed by atoms with Crippen LogP contribution in [-0.2, 0) is 4.74 Å². The van der Waals surface area contributed by atoms with Gasteiger partial charge in [-0.05, 0) is 46.3 Å². The Hall–Kier alpha value is -0.420. The molecule has 0 radical (unpaired) electrons. The summed E-state index contributed by atoms with van der Waals surface area (Å²) >= 11 is 1.95. The van der Waals surface area contributed by atoms with E-state index >= 15 is 0 Å². The summed E-state index contributed by atoms with van der Waals surface area (Å²) in [6, 6.07) is 0.391. The first-order valence-corrected chi connectivity index (χ1v) is 9.24. The van der Waals surface area contributed by atoms with E-state index in [0.29, 0.717) is 10.8 Å². The molecule has 1 atom stereocenters. The SMILES string of the molecule is CCC(CC)(CNC1CCN(C(=O)OC(C)(C)C)C1)SC. The first kappa shape index (κ1) is 18.6. The molecule has 1 N–H and O–H groups in total. The average molecular weight is 317 g/mol. The summed E-state index contributed by atoms with van der Waals surface area (Å²) in [5.41, 5.74) is -0.416. The lowest BCUT2D eigenvalue weighted by atomic mass is 10.0. The fraction of sp³-hybridized carbons (Fsp3) is 0.938. The molecule has 0 aromatic rings. The minimum atomic E-state index is -0.416. The first-order valence-electron chi connectivity index (χ1n) is 8.01. The summed E-state index contributed by atoms with van der Waals surface area (Å²) in [5, 5.41) is 3.65. The molecule has 1 saturated heterocycles. The van der Waals surface area contributed by atoms with Crippen molar-refractivity contribution >= 4 is 17.9 Å². The molecule has 0 bridgehead atoms. The van der Waals surface area contributed by atoms with Gasteiger partial charge in [-0.1, -0.05) is 13.8 Å². The lowest BCUT2D eigenvalue weighted by molar-refractivity contribution is 0.0291. The smallest absolute Gasteiger partial charge is 0.410 e. The number of nitrogens with zero attached hydrogens (tertiary/aromatic N) is 1. The van der Waals surface area contributed by atoms with Crippen LogP contribution in [0, 0.1) is 0 Å². The lowest BCUT2D eigenvalue weighted by Gasteiger charge is -2.31. The van der Waals surface area contributed by atoms with Gasteiger partial charge in [-0.15, -0.1) is 0 Å². The van der Waals surface area contributed by atoms with Crippen molar-refractivity contribution in [2.75, 3.05) is 25.9 Å². The third-order valence-electron chi connectivity index (χ3n) is 4.27. The molecule has 0 spiro atoms. The number of carbonyl (C=O) groups excluding carboxylic acids is 1. The van der Waals surface area contributed by atoms with Crippen molar-refractivity contribution in [1.29, 1.82) is 0 Å². The third-order valence-corrected chi connectivity index (χ3v) is 5.86. The highest BCUT2D eigenvalue weighted by atomic mass is 32.2. The van der Waals surface area contributed by atoms with Crippen molar-refractivity contribution in [3.05, 3.63) is 0 Å². The van der Waals surface area contributed by atoms with Crippen molar-refractivity contribution in [1.82, 2.24) is 10.2 Å². The van der Waals surface area contributed by atoms with Gasteiger partial charge in [0.2, 0.25) is 0 Å². The van der Waals surface area contributed by atoms with E-state index < -0.39 is 5.60 Å². The normalized spacial score (nSPS) is 19.9. The zero-order valence-corrected chi connectivity index (χ0v) is 15.3. The summed E-state index contributed by atoms with van der Waals surface area (Å²) in [6.45, 7) is 12.8. The number of hydrogen-bond acceptors (Lipinski definition) is 4. The predicted octanol–water partition coefficient (Wildman–Crippen LogP) is 3.51. The van der Waals surface area contributed by atoms with Crippen LogP contribution >= 0.6 is 11.8 Å². The van der Waals surface area contributed by atoms with Crippen molar-refractivity contribution in [3.8, 4) is 0 Å². The molecule has 0 saturated carbocycles. The zero-order valence-electron chi connectivity index (χ0n) is 14.5. The molecule has 1 unspecified atom stereocenters. The fourth-order valence-corrected chi connectivity index (χ4v) is 3.42. The molecule has 1 aliphatic heterocycles. The summed E-state index contributed by atoms with van der Waals surface area (Å²) < 4.78 is 5.75. The summed E-state index contributed by atoms with van der Waals surface area (Å²) in [6.07, 6.45) is 5.35. The van der Waals surface area contributed by atoms with Crippen LogP contribution in [0.25, 0.3) is 0 Å². The Morgan fingerprint density at radius 2 is 1.95 bits per heavy atom. The van der Waals surface area contributed by atoms with Crippen LogP contribution in [0.15, 0.2) is 0 Å². The number of hydrogen-bond donors (Lipinski definition) is 1. The van der Waals surface area contributed by atoms with E-state index in [1.54, 1.807) is 0 Å². The second-order valence-electron chi connectivity index (χ2n) is 6.89. The Balaban J connectivity index is 2.43. The van der Waals surface area contributed by atoms with Gasteiger partial charge in [-0.25, -0.2) is 4.79 Å². The van der Waals surface area contributed by atoms with Gasteiger partial charge in [0.1, 0.15) is 5.60 Å². The second kappa shape index (κ2) is 7.73. The van der Waals surface area contributed by atoms with Crippen LogP contribution in [0.4, 0.5) is 4.79 Å². The average Bonchev–Trinajstić information content (AvgIpc) is 2.88. The molecule has 124 valence electrons. The minimum absolute atomic E-state index is 0.186. The Morgan fingerprint density at radius 3 is 2.43 bits per heavy atom. The molecule has 1 heterocycles. The Morgan fingerprint density at radius 1 is 1.33 bits per heavy atom. The predicted molar refractivity (Wildman–Crippen MR) is 91.0 cm³/mol. The van der Waals surface area contributed by atoms with Crippen LogP contribution in [0.2, 0.25) is 0 Å². The maximum absolute atomic E-state index is 12.0. The molecule has 1 rings (SSSR count). The van der Waals surface area contributed by atoms with Crippen molar-refractivity contribution in [2.24, 2.45) is 0 Å². The van der Waals surface area contributed by atoms with E-state index in [9.17, 15) is 4.79 Å². The number of amides is 1. The second-order valence-corrected chi connectivity index (χ2v) is 8.16. The van der Waals surface area contributed by atoms with E-state index in [2.05, 4.69) is 25.4 Å². The number of ether oxygens (including phenoxy) is 1. The van der Waals surface area contributed by atoms with Crippen LogP contribution in [-0.4, -0.2) is 53.3 Å². The van der Waals surface area contributed by atoms with Gasteiger partial charge in [0.15, 0.2) is 0 Å². The number of nitrogens with one attached hydrogen (secondary N) is 1. The van der Waals surface area contributed by atoms with Gasteiger partial charge in [-0.3, -0.25) is 0 Å². The molecule has 1 aliphatic rings. The van der Waals surface area contributed by atoms with E-state index in [1.807, 2.05) is 37.4 Å². The van der Waals surface area contributed by atoms with E-state index in [-0.39, 0.29) is 6.09 Å². The zero-order chi connectivity index (χ0) is 16.1. The van der Waals surface area contributed by atoms with Crippen LogP contribution in [0.3, 0.4) is 0 Å².